The monoisotopic (exact) mass is 568 g/mol. The predicted octanol–water partition coefficient (Wildman–Crippen LogP) is 8.54. The van der Waals surface area contributed by atoms with E-state index >= 15 is 0 Å². The molecule has 1 unspecified atom stereocenters. The first-order valence-electron chi connectivity index (χ1n) is 13.3. The number of amides is 1. The summed E-state index contributed by atoms with van der Waals surface area (Å²) in [5, 5.41) is 9.41. The number of carbonyl (C=O) groups excluding carboxylic acids is 2. The number of aryl methyl sites for hydroxylation is 1. The number of carbonyl (C=O) groups is 2. The molecule has 1 amide bonds. The van der Waals surface area contributed by atoms with Crippen LogP contribution in [0.3, 0.4) is 0 Å². The van der Waals surface area contributed by atoms with Gasteiger partial charge in [-0.2, -0.15) is 0 Å². The Labute approximate surface area is 243 Å². The van der Waals surface area contributed by atoms with Crippen LogP contribution in [0.25, 0.3) is 33.2 Å². The maximum Gasteiger partial charge on any atom is 0.412 e. The molecule has 0 aliphatic carbocycles. The van der Waals surface area contributed by atoms with Crippen LogP contribution in [0, 0.1) is 6.92 Å². The number of nitrogens with zero attached hydrogens (tertiary/aromatic N) is 1. The minimum atomic E-state index is -0.643. The van der Waals surface area contributed by atoms with Crippen molar-refractivity contribution in [1.82, 2.24) is 5.16 Å². The lowest BCUT2D eigenvalue weighted by Gasteiger charge is -2.15. The maximum absolute atomic E-state index is 12.8. The Balaban J connectivity index is 1.37. The molecule has 1 atom stereocenters. The number of rotatable bonds is 8. The van der Waals surface area contributed by atoms with E-state index in [2.05, 4.69) is 10.5 Å². The average Bonchev–Trinajstić information content (AvgIpc) is 3.33. The second-order valence-corrected chi connectivity index (χ2v) is 9.95. The van der Waals surface area contributed by atoms with Gasteiger partial charge in [-0.05, 0) is 54.3 Å². The lowest BCUT2D eigenvalue weighted by molar-refractivity contribution is -0.142. The summed E-state index contributed by atoms with van der Waals surface area (Å²) in [5.41, 5.74) is 5.35. The van der Waals surface area contributed by atoms with Crippen molar-refractivity contribution in [2.45, 2.75) is 33.3 Å². The lowest BCUT2D eigenvalue weighted by Crippen LogP contribution is -2.17. The number of hydrogen-bond donors (Lipinski definition) is 1. The summed E-state index contributed by atoms with van der Waals surface area (Å²) in [5.74, 6) is 0.176. The van der Waals surface area contributed by atoms with Gasteiger partial charge in [0.1, 0.15) is 17.5 Å². The number of aromatic nitrogens is 1. The molecular formula is C33H29ClN2O5. The molecule has 1 N–H and O–H groups in total. The zero-order valence-corrected chi connectivity index (χ0v) is 23.7. The molecule has 0 bridgehead atoms. The van der Waals surface area contributed by atoms with Crippen molar-refractivity contribution in [3.8, 4) is 22.5 Å². The van der Waals surface area contributed by atoms with Gasteiger partial charge in [-0.1, -0.05) is 95.6 Å². The van der Waals surface area contributed by atoms with Crippen molar-refractivity contribution >= 4 is 40.1 Å². The van der Waals surface area contributed by atoms with Gasteiger partial charge in [-0.15, -0.1) is 0 Å². The Kier molecular flexibility index (Phi) is 8.36. The molecule has 0 aliphatic rings. The van der Waals surface area contributed by atoms with Gasteiger partial charge >= 0.3 is 12.1 Å². The molecule has 7 nitrogen and oxygen atoms in total. The first kappa shape index (κ1) is 27.9. The maximum atomic E-state index is 12.8. The lowest BCUT2D eigenvalue weighted by atomic mass is 9.93. The summed E-state index contributed by atoms with van der Waals surface area (Å²) in [6, 6.07) is 27.0. The quantitative estimate of drug-likeness (QED) is 0.189. The zero-order valence-electron chi connectivity index (χ0n) is 22.9. The highest BCUT2D eigenvalue weighted by Gasteiger charge is 2.21. The van der Waals surface area contributed by atoms with Gasteiger partial charge in [-0.25, -0.2) is 4.79 Å². The standard InChI is InChI=1S/C33H29ClN2O5/c1-4-39-30(37)19-24-17-18-27(28-11-6-5-10-26(24)28)22-13-15-23(16-14-22)32-31(20(2)36-41-32)35-33(38)40-21(3)25-9-7-8-12-29(25)34/h5-18,21H,4,19H2,1-3H3,(H,35,38). The van der Waals surface area contributed by atoms with Gasteiger partial charge < -0.3 is 14.0 Å². The third-order valence-corrected chi connectivity index (χ3v) is 7.17. The minimum absolute atomic E-state index is 0.216. The SMILES string of the molecule is CCOC(=O)Cc1ccc(-c2ccc(-c3onc(C)c3NC(=O)OC(C)c3ccccc3Cl)cc2)c2ccccc12. The number of fused-ring (bicyclic) bond motifs is 1. The summed E-state index contributed by atoms with van der Waals surface area (Å²) in [7, 11) is 0. The fraction of sp³-hybridized carbons (Fsp3) is 0.182. The number of nitrogens with one attached hydrogen (secondary N) is 1. The second-order valence-electron chi connectivity index (χ2n) is 9.54. The third kappa shape index (κ3) is 6.10. The van der Waals surface area contributed by atoms with Crippen molar-refractivity contribution in [2.24, 2.45) is 0 Å². The Hall–Kier alpha value is -4.62. The fourth-order valence-electron chi connectivity index (χ4n) is 4.81. The molecular weight excluding hydrogens is 540 g/mol. The van der Waals surface area contributed by atoms with Gasteiger partial charge in [0.25, 0.3) is 0 Å². The van der Waals surface area contributed by atoms with Crippen LogP contribution in [0.15, 0.2) is 89.5 Å². The Morgan fingerprint density at radius 2 is 1.61 bits per heavy atom. The van der Waals surface area contributed by atoms with E-state index in [-0.39, 0.29) is 12.4 Å². The summed E-state index contributed by atoms with van der Waals surface area (Å²) in [6.45, 7) is 5.66. The fourth-order valence-corrected chi connectivity index (χ4v) is 5.10. The van der Waals surface area contributed by atoms with E-state index < -0.39 is 12.2 Å². The molecule has 0 saturated carbocycles. The van der Waals surface area contributed by atoms with E-state index in [9.17, 15) is 9.59 Å². The number of anilines is 1. The van der Waals surface area contributed by atoms with Gasteiger partial charge in [0, 0.05) is 16.1 Å². The number of ether oxygens (including phenoxy) is 2. The van der Waals surface area contributed by atoms with Crippen molar-refractivity contribution in [3.63, 3.8) is 0 Å². The van der Waals surface area contributed by atoms with Crippen LogP contribution in [-0.4, -0.2) is 23.8 Å². The highest BCUT2D eigenvalue weighted by Crippen LogP contribution is 2.35. The predicted molar refractivity (Wildman–Crippen MR) is 160 cm³/mol. The van der Waals surface area contributed by atoms with E-state index in [0.717, 1.165) is 33.0 Å². The third-order valence-electron chi connectivity index (χ3n) is 6.83. The normalized spacial score (nSPS) is 11.7. The Bertz CT molecular complexity index is 1710. The van der Waals surface area contributed by atoms with E-state index in [1.807, 2.05) is 78.9 Å². The molecule has 41 heavy (non-hydrogen) atoms. The van der Waals surface area contributed by atoms with E-state index in [0.29, 0.717) is 34.3 Å². The molecule has 0 saturated heterocycles. The molecule has 1 aromatic heterocycles. The van der Waals surface area contributed by atoms with Crippen molar-refractivity contribution < 1.29 is 23.6 Å². The summed E-state index contributed by atoms with van der Waals surface area (Å²) >= 11 is 6.25. The minimum Gasteiger partial charge on any atom is -0.466 e. The van der Waals surface area contributed by atoms with Gasteiger partial charge in [-0.3, -0.25) is 10.1 Å². The molecule has 208 valence electrons. The van der Waals surface area contributed by atoms with Crippen LogP contribution in [0.4, 0.5) is 10.5 Å². The largest absolute Gasteiger partial charge is 0.466 e. The van der Waals surface area contributed by atoms with Crippen LogP contribution in [0.1, 0.15) is 36.8 Å². The molecule has 0 spiro atoms. The number of halogens is 1. The summed E-state index contributed by atoms with van der Waals surface area (Å²) in [6.07, 6.45) is -0.977. The topological polar surface area (TPSA) is 90.7 Å². The van der Waals surface area contributed by atoms with Crippen molar-refractivity contribution in [2.75, 3.05) is 11.9 Å². The van der Waals surface area contributed by atoms with Crippen molar-refractivity contribution in [1.29, 1.82) is 0 Å². The smallest absolute Gasteiger partial charge is 0.412 e. The molecule has 0 radical (unpaired) electrons. The zero-order chi connectivity index (χ0) is 28.9. The van der Waals surface area contributed by atoms with Crippen LogP contribution < -0.4 is 5.32 Å². The van der Waals surface area contributed by atoms with E-state index in [4.69, 9.17) is 25.6 Å². The van der Waals surface area contributed by atoms with Crippen LogP contribution in [-0.2, 0) is 20.7 Å². The first-order chi connectivity index (χ1) is 19.9. The van der Waals surface area contributed by atoms with Gasteiger partial charge in [0.15, 0.2) is 5.76 Å². The van der Waals surface area contributed by atoms with Gasteiger partial charge in [0.2, 0.25) is 0 Å². The van der Waals surface area contributed by atoms with Crippen LogP contribution in [0.5, 0.6) is 0 Å². The molecule has 8 heteroatoms. The van der Waals surface area contributed by atoms with Crippen LogP contribution in [0.2, 0.25) is 5.02 Å². The molecule has 0 fully saturated rings. The highest BCUT2D eigenvalue weighted by atomic mass is 35.5. The van der Waals surface area contributed by atoms with E-state index in [1.165, 1.54) is 0 Å². The summed E-state index contributed by atoms with van der Waals surface area (Å²) in [4.78, 5) is 24.9. The number of hydrogen-bond acceptors (Lipinski definition) is 6. The van der Waals surface area contributed by atoms with Crippen LogP contribution >= 0.6 is 11.6 Å². The average molecular weight is 569 g/mol. The Morgan fingerprint density at radius 3 is 2.34 bits per heavy atom. The number of esters is 1. The summed E-state index contributed by atoms with van der Waals surface area (Å²) < 4.78 is 16.3. The van der Waals surface area contributed by atoms with Gasteiger partial charge in [0.05, 0.1) is 13.0 Å². The molecule has 5 rings (SSSR count). The van der Waals surface area contributed by atoms with Crippen molar-refractivity contribution in [3.05, 3.63) is 107 Å². The molecule has 4 aromatic carbocycles. The molecule has 1 heterocycles. The van der Waals surface area contributed by atoms with E-state index in [1.54, 1.807) is 26.8 Å². The second kappa shape index (κ2) is 12.3. The number of benzene rings is 4. The first-order valence-corrected chi connectivity index (χ1v) is 13.7. The highest BCUT2D eigenvalue weighted by molar-refractivity contribution is 6.31. The molecule has 5 aromatic rings. The molecule has 0 aliphatic heterocycles. The Morgan fingerprint density at radius 1 is 0.927 bits per heavy atom.